The van der Waals surface area contributed by atoms with Crippen LogP contribution in [0.15, 0.2) is 53.7 Å². The minimum Gasteiger partial charge on any atom is -0.325 e. The maximum atomic E-state index is 12.2. The van der Waals surface area contributed by atoms with E-state index in [2.05, 4.69) is 27.4 Å². The van der Waals surface area contributed by atoms with Gasteiger partial charge in [0.1, 0.15) is 0 Å². The molecule has 2 N–H and O–H groups in total. The van der Waals surface area contributed by atoms with Crippen molar-refractivity contribution in [1.82, 2.24) is 15.2 Å². The van der Waals surface area contributed by atoms with Gasteiger partial charge in [-0.15, -0.1) is 5.10 Å². The molecule has 0 atom stereocenters. The number of benzene rings is 2. The molecule has 1 aromatic heterocycles. The zero-order valence-corrected chi connectivity index (χ0v) is 15.1. The fourth-order valence-electron chi connectivity index (χ4n) is 2.50. The Bertz CT molecular complexity index is 875. The van der Waals surface area contributed by atoms with Gasteiger partial charge in [0, 0.05) is 11.3 Å². The van der Waals surface area contributed by atoms with Gasteiger partial charge in [-0.1, -0.05) is 60.6 Å². The van der Waals surface area contributed by atoms with Crippen molar-refractivity contribution in [2.75, 3.05) is 11.1 Å². The van der Waals surface area contributed by atoms with E-state index in [0.717, 1.165) is 28.8 Å². The van der Waals surface area contributed by atoms with Crippen LogP contribution in [0.4, 0.5) is 5.69 Å². The minimum atomic E-state index is -0.0622. The van der Waals surface area contributed by atoms with Crippen LogP contribution in [-0.4, -0.2) is 26.8 Å². The lowest BCUT2D eigenvalue weighted by Crippen LogP contribution is -2.15. The molecule has 3 aromatic rings. The number of thioether (sulfide) groups is 1. The molecule has 5 nitrogen and oxygen atoms in total. The van der Waals surface area contributed by atoms with Gasteiger partial charge in [-0.25, -0.2) is 4.98 Å². The smallest absolute Gasteiger partial charge is 0.234 e. The molecule has 0 saturated carbocycles. The largest absolute Gasteiger partial charge is 0.325 e. The predicted molar refractivity (Wildman–Crippen MR) is 102 cm³/mol. The van der Waals surface area contributed by atoms with Gasteiger partial charge in [-0.05, 0) is 31.0 Å². The van der Waals surface area contributed by atoms with E-state index in [1.807, 2.05) is 55.5 Å². The fraction of sp³-hybridized carbons (Fsp3) is 0.211. The Kier molecular flexibility index (Phi) is 5.50. The van der Waals surface area contributed by atoms with E-state index in [1.165, 1.54) is 11.8 Å². The van der Waals surface area contributed by atoms with Crippen LogP contribution in [0.3, 0.4) is 0 Å². The number of aromatic amines is 1. The Hall–Kier alpha value is -2.60. The molecule has 0 aliphatic heterocycles. The third-order valence-corrected chi connectivity index (χ3v) is 4.61. The SMILES string of the molecule is CCc1ccccc1NC(=O)CSc1n[nH]c(-c2cccc(C)c2)n1. The molecule has 2 aromatic carbocycles. The maximum Gasteiger partial charge on any atom is 0.234 e. The van der Waals surface area contributed by atoms with Crippen LogP contribution in [0.2, 0.25) is 0 Å². The van der Waals surface area contributed by atoms with E-state index < -0.39 is 0 Å². The molecular weight excluding hydrogens is 332 g/mol. The molecule has 3 rings (SSSR count). The van der Waals surface area contributed by atoms with Gasteiger partial charge in [0.15, 0.2) is 5.82 Å². The molecular formula is C19H20N4OS. The van der Waals surface area contributed by atoms with Gasteiger partial charge in [0.05, 0.1) is 5.75 Å². The lowest BCUT2D eigenvalue weighted by molar-refractivity contribution is -0.113. The topological polar surface area (TPSA) is 70.7 Å². The number of aryl methyl sites for hydroxylation is 2. The van der Waals surface area contributed by atoms with Crippen molar-refractivity contribution in [3.63, 3.8) is 0 Å². The second-order valence-corrected chi connectivity index (χ2v) is 6.63. The summed E-state index contributed by atoms with van der Waals surface area (Å²) >= 11 is 1.32. The minimum absolute atomic E-state index is 0.0622. The number of hydrogen-bond acceptors (Lipinski definition) is 4. The number of anilines is 1. The quantitative estimate of drug-likeness (QED) is 0.656. The highest BCUT2D eigenvalue weighted by Gasteiger charge is 2.10. The summed E-state index contributed by atoms with van der Waals surface area (Å²) in [4.78, 5) is 16.6. The molecule has 0 fully saturated rings. The van der Waals surface area contributed by atoms with E-state index in [1.54, 1.807) is 0 Å². The van der Waals surface area contributed by atoms with E-state index in [0.29, 0.717) is 11.0 Å². The number of rotatable bonds is 6. The van der Waals surface area contributed by atoms with Crippen LogP contribution in [0.5, 0.6) is 0 Å². The van der Waals surface area contributed by atoms with Gasteiger partial charge in [-0.2, -0.15) is 0 Å². The highest BCUT2D eigenvalue weighted by Crippen LogP contribution is 2.21. The van der Waals surface area contributed by atoms with Crippen LogP contribution in [-0.2, 0) is 11.2 Å². The Labute approximate surface area is 151 Å². The number of amides is 1. The van der Waals surface area contributed by atoms with Crippen molar-refractivity contribution in [3.8, 4) is 11.4 Å². The monoisotopic (exact) mass is 352 g/mol. The number of carbonyl (C=O) groups is 1. The molecule has 0 aliphatic rings. The van der Waals surface area contributed by atoms with Crippen LogP contribution < -0.4 is 5.32 Å². The van der Waals surface area contributed by atoms with Crippen LogP contribution >= 0.6 is 11.8 Å². The lowest BCUT2D eigenvalue weighted by atomic mass is 10.1. The molecule has 0 unspecified atom stereocenters. The van der Waals surface area contributed by atoms with E-state index in [9.17, 15) is 4.79 Å². The highest BCUT2D eigenvalue weighted by atomic mass is 32.2. The van der Waals surface area contributed by atoms with Crippen molar-refractivity contribution in [2.45, 2.75) is 25.4 Å². The Balaban J connectivity index is 1.59. The summed E-state index contributed by atoms with van der Waals surface area (Å²) in [5.74, 6) is 0.916. The summed E-state index contributed by atoms with van der Waals surface area (Å²) in [5, 5.41) is 10.6. The first-order chi connectivity index (χ1) is 12.2. The third-order valence-electron chi connectivity index (χ3n) is 3.76. The fourth-order valence-corrected chi connectivity index (χ4v) is 3.10. The summed E-state index contributed by atoms with van der Waals surface area (Å²) in [6.07, 6.45) is 0.879. The first kappa shape index (κ1) is 17.2. The molecule has 25 heavy (non-hydrogen) atoms. The molecule has 1 amide bonds. The van der Waals surface area contributed by atoms with Crippen molar-refractivity contribution < 1.29 is 4.79 Å². The molecule has 0 bridgehead atoms. The Morgan fingerprint density at radius 2 is 2.04 bits per heavy atom. The number of para-hydroxylation sites is 1. The molecule has 1 heterocycles. The molecule has 0 radical (unpaired) electrons. The first-order valence-corrected chi connectivity index (χ1v) is 9.14. The number of nitrogens with one attached hydrogen (secondary N) is 2. The second-order valence-electron chi connectivity index (χ2n) is 5.68. The van der Waals surface area contributed by atoms with E-state index in [4.69, 9.17) is 0 Å². The zero-order chi connectivity index (χ0) is 17.6. The average molecular weight is 352 g/mol. The van der Waals surface area contributed by atoms with Gasteiger partial charge >= 0.3 is 0 Å². The Morgan fingerprint density at radius 1 is 1.20 bits per heavy atom. The first-order valence-electron chi connectivity index (χ1n) is 8.15. The lowest BCUT2D eigenvalue weighted by Gasteiger charge is -2.08. The predicted octanol–water partition coefficient (Wildman–Crippen LogP) is 4.07. The number of H-pyrrole nitrogens is 1. The molecule has 0 aliphatic carbocycles. The summed E-state index contributed by atoms with van der Waals surface area (Å²) in [7, 11) is 0. The Morgan fingerprint density at radius 3 is 2.84 bits per heavy atom. The van der Waals surface area contributed by atoms with Crippen LogP contribution in [0.1, 0.15) is 18.1 Å². The maximum absolute atomic E-state index is 12.2. The van der Waals surface area contributed by atoms with Crippen LogP contribution in [0.25, 0.3) is 11.4 Å². The van der Waals surface area contributed by atoms with Crippen molar-refractivity contribution >= 4 is 23.4 Å². The summed E-state index contributed by atoms with van der Waals surface area (Å²) in [6.45, 7) is 4.11. The highest BCUT2D eigenvalue weighted by molar-refractivity contribution is 7.99. The summed E-state index contributed by atoms with van der Waals surface area (Å²) < 4.78 is 0. The normalized spacial score (nSPS) is 10.6. The van der Waals surface area contributed by atoms with Crippen LogP contribution in [0, 0.1) is 6.92 Å². The molecule has 6 heteroatoms. The van der Waals surface area contributed by atoms with E-state index in [-0.39, 0.29) is 11.7 Å². The van der Waals surface area contributed by atoms with E-state index >= 15 is 0 Å². The average Bonchev–Trinajstić information content (AvgIpc) is 3.09. The number of carbonyl (C=O) groups excluding carboxylic acids is 1. The van der Waals surface area contributed by atoms with Crippen molar-refractivity contribution in [3.05, 3.63) is 59.7 Å². The number of aromatic nitrogens is 3. The van der Waals surface area contributed by atoms with Crippen molar-refractivity contribution in [2.24, 2.45) is 0 Å². The van der Waals surface area contributed by atoms with Gasteiger partial charge in [0.25, 0.3) is 0 Å². The number of nitrogens with zero attached hydrogens (tertiary/aromatic N) is 2. The van der Waals surface area contributed by atoms with Crippen molar-refractivity contribution in [1.29, 1.82) is 0 Å². The molecule has 0 saturated heterocycles. The number of hydrogen-bond donors (Lipinski definition) is 2. The van der Waals surface area contributed by atoms with Gasteiger partial charge in [-0.3, -0.25) is 9.89 Å². The third kappa shape index (κ3) is 4.48. The summed E-state index contributed by atoms with van der Waals surface area (Å²) in [6, 6.07) is 15.9. The zero-order valence-electron chi connectivity index (χ0n) is 14.2. The van der Waals surface area contributed by atoms with Gasteiger partial charge in [0.2, 0.25) is 11.1 Å². The molecule has 0 spiro atoms. The summed E-state index contributed by atoms with van der Waals surface area (Å²) in [5.41, 5.74) is 4.14. The standard InChI is InChI=1S/C19H20N4OS/c1-3-14-8-4-5-10-16(14)20-17(24)12-25-19-21-18(22-23-19)15-9-6-7-13(2)11-15/h4-11H,3,12H2,1-2H3,(H,20,24)(H,21,22,23). The van der Waals surface area contributed by atoms with Gasteiger partial charge < -0.3 is 5.32 Å². The second kappa shape index (κ2) is 7.98. The molecule has 128 valence electrons.